The summed E-state index contributed by atoms with van der Waals surface area (Å²) in [6.45, 7) is 4.51. The summed E-state index contributed by atoms with van der Waals surface area (Å²) in [5, 5.41) is 2.83. The van der Waals surface area contributed by atoms with Crippen molar-refractivity contribution in [2.75, 3.05) is 36.4 Å². The average molecular weight is 416 g/mol. The van der Waals surface area contributed by atoms with Crippen LogP contribution in [0.1, 0.15) is 16.1 Å². The molecule has 0 spiro atoms. The van der Waals surface area contributed by atoms with E-state index in [1.807, 2.05) is 43.3 Å². The molecular formula is C24H24N4O3. The number of benzene rings is 2. The van der Waals surface area contributed by atoms with Gasteiger partial charge in [-0.2, -0.15) is 0 Å². The summed E-state index contributed by atoms with van der Waals surface area (Å²) >= 11 is 0. The molecule has 0 atom stereocenters. The van der Waals surface area contributed by atoms with Crippen molar-refractivity contribution >= 4 is 23.5 Å². The summed E-state index contributed by atoms with van der Waals surface area (Å²) in [5.74, 6) is 1.18. The molecule has 1 saturated heterocycles. The van der Waals surface area contributed by atoms with Gasteiger partial charge in [-0.15, -0.1) is 0 Å². The number of carbonyl (C=O) groups is 2. The van der Waals surface area contributed by atoms with Crippen LogP contribution in [-0.2, 0) is 0 Å². The zero-order valence-electron chi connectivity index (χ0n) is 17.3. The second kappa shape index (κ2) is 9.30. The minimum Gasteiger partial charge on any atom is -0.410 e. The monoisotopic (exact) mass is 416 g/mol. The van der Waals surface area contributed by atoms with Gasteiger partial charge in [0.25, 0.3) is 5.91 Å². The van der Waals surface area contributed by atoms with Crippen LogP contribution in [0.25, 0.3) is 0 Å². The van der Waals surface area contributed by atoms with Crippen LogP contribution in [0.15, 0.2) is 72.8 Å². The maximum absolute atomic E-state index is 12.5. The van der Waals surface area contributed by atoms with Gasteiger partial charge < -0.3 is 19.9 Å². The summed E-state index contributed by atoms with van der Waals surface area (Å²) in [6.07, 6.45) is -0.377. The average Bonchev–Trinajstić information content (AvgIpc) is 2.81. The van der Waals surface area contributed by atoms with Crippen LogP contribution in [0.5, 0.6) is 5.75 Å². The Labute approximate surface area is 181 Å². The van der Waals surface area contributed by atoms with Gasteiger partial charge in [-0.3, -0.25) is 4.79 Å². The minimum absolute atomic E-state index is 0.189. The van der Waals surface area contributed by atoms with Gasteiger partial charge in [-0.05, 0) is 55.5 Å². The third kappa shape index (κ3) is 5.19. The van der Waals surface area contributed by atoms with Gasteiger partial charge in [0.1, 0.15) is 11.6 Å². The van der Waals surface area contributed by atoms with Gasteiger partial charge >= 0.3 is 6.09 Å². The Kier molecular flexibility index (Phi) is 6.12. The molecule has 2 amide bonds. The number of ether oxygens (including phenoxy) is 1. The van der Waals surface area contributed by atoms with E-state index in [4.69, 9.17) is 4.74 Å². The number of hydrogen-bond donors (Lipinski definition) is 1. The minimum atomic E-state index is -0.377. The Morgan fingerprint density at radius 3 is 2.26 bits per heavy atom. The summed E-state index contributed by atoms with van der Waals surface area (Å²) in [4.78, 5) is 33.1. The number of aromatic nitrogens is 1. The number of hydrogen-bond acceptors (Lipinski definition) is 5. The maximum Gasteiger partial charge on any atom is 0.415 e. The highest BCUT2D eigenvalue weighted by atomic mass is 16.6. The highest BCUT2D eigenvalue weighted by molar-refractivity contribution is 6.04. The van der Waals surface area contributed by atoms with E-state index in [0.717, 1.165) is 11.5 Å². The predicted molar refractivity (Wildman–Crippen MR) is 120 cm³/mol. The third-order valence-electron chi connectivity index (χ3n) is 5.09. The van der Waals surface area contributed by atoms with Gasteiger partial charge in [0.15, 0.2) is 0 Å². The predicted octanol–water partition coefficient (Wildman–Crippen LogP) is 3.96. The lowest BCUT2D eigenvalue weighted by Crippen LogP contribution is -2.49. The SMILES string of the molecule is Cc1cccc(N2CCN(C(=O)Oc3ccc(NC(=O)c4ccccc4)cc3)CC2)n1. The molecule has 0 radical (unpaired) electrons. The van der Waals surface area contributed by atoms with Crippen molar-refractivity contribution in [3.63, 3.8) is 0 Å². The lowest BCUT2D eigenvalue weighted by Gasteiger charge is -2.34. The van der Waals surface area contributed by atoms with Gasteiger partial charge in [-0.1, -0.05) is 24.3 Å². The molecular weight excluding hydrogens is 392 g/mol. The third-order valence-corrected chi connectivity index (χ3v) is 5.09. The summed E-state index contributed by atoms with van der Waals surface area (Å²) in [7, 11) is 0. The molecule has 7 heteroatoms. The van der Waals surface area contributed by atoms with Crippen molar-refractivity contribution in [2.24, 2.45) is 0 Å². The number of piperazine rings is 1. The fourth-order valence-electron chi connectivity index (χ4n) is 3.39. The van der Waals surface area contributed by atoms with Crippen molar-refractivity contribution < 1.29 is 14.3 Å². The fourth-order valence-corrected chi connectivity index (χ4v) is 3.39. The van der Waals surface area contributed by atoms with Gasteiger partial charge in [-0.25, -0.2) is 9.78 Å². The first-order chi connectivity index (χ1) is 15.1. The van der Waals surface area contributed by atoms with E-state index < -0.39 is 0 Å². The summed E-state index contributed by atoms with van der Waals surface area (Å²) in [6, 6.07) is 21.7. The zero-order valence-corrected chi connectivity index (χ0v) is 17.3. The van der Waals surface area contributed by atoms with Crippen LogP contribution in [-0.4, -0.2) is 48.1 Å². The molecule has 31 heavy (non-hydrogen) atoms. The second-order valence-corrected chi connectivity index (χ2v) is 7.32. The molecule has 2 aromatic carbocycles. The number of anilines is 2. The highest BCUT2D eigenvalue weighted by Gasteiger charge is 2.23. The van der Waals surface area contributed by atoms with Crippen LogP contribution >= 0.6 is 0 Å². The molecule has 1 aliphatic rings. The van der Waals surface area contributed by atoms with E-state index in [1.54, 1.807) is 41.3 Å². The Bertz CT molecular complexity index is 1050. The lowest BCUT2D eigenvalue weighted by molar-refractivity contribution is 0.102. The van der Waals surface area contributed by atoms with Crippen LogP contribution in [0.4, 0.5) is 16.3 Å². The van der Waals surface area contributed by atoms with Crippen molar-refractivity contribution in [2.45, 2.75) is 6.92 Å². The lowest BCUT2D eigenvalue weighted by atomic mass is 10.2. The molecule has 1 aromatic heterocycles. The molecule has 1 N–H and O–H groups in total. The largest absolute Gasteiger partial charge is 0.415 e. The molecule has 0 bridgehead atoms. The Balaban J connectivity index is 1.28. The first kappa shape index (κ1) is 20.4. The van der Waals surface area contributed by atoms with Crippen LogP contribution in [0, 0.1) is 6.92 Å². The van der Waals surface area contributed by atoms with E-state index in [-0.39, 0.29) is 12.0 Å². The zero-order chi connectivity index (χ0) is 21.6. The van der Waals surface area contributed by atoms with E-state index in [1.165, 1.54) is 0 Å². The van der Waals surface area contributed by atoms with Gasteiger partial charge in [0.05, 0.1) is 0 Å². The molecule has 0 unspecified atom stereocenters. The standard InChI is InChI=1S/C24H24N4O3/c1-18-6-5-9-22(25-18)27-14-16-28(17-15-27)24(30)31-21-12-10-20(11-13-21)26-23(29)19-7-3-2-4-8-19/h2-13H,14-17H2,1H3,(H,26,29). The normalized spacial score (nSPS) is 13.6. The first-order valence-electron chi connectivity index (χ1n) is 10.2. The van der Waals surface area contributed by atoms with Crippen LogP contribution in [0.3, 0.4) is 0 Å². The molecule has 158 valence electrons. The topological polar surface area (TPSA) is 74.8 Å². The smallest absolute Gasteiger partial charge is 0.410 e. The fraction of sp³-hybridized carbons (Fsp3) is 0.208. The van der Waals surface area contributed by atoms with Crippen molar-refractivity contribution in [1.82, 2.24) is 9.88 Å². The molecule has 3 aromatic rings. The van der Waals surface area contributed by atoms with E-state index in [2.05, 4.69) is 15.2 Å². The van der Waals surface area contributed by atoms with Crippen LogP contribution < -0.4 is 15.0 Å². The Morgan fingerprint density at radius 1 is 0.871 bits per heavy atom. The highest BCUT2D eigenvalue weighted by Crippen LogP contribution is 2.19. The summed E-state index contributed by atoms with van der Waals surface area (Å²) < 4.78 is 5.50. The van der Waals surface area contributed by atoms with E-state index >= 15 is 0 Å². The number of carbonyl (C=O) groups excluding carboxylic acids is 2. The molecule has 0 aliphatic carbocycles. The molecule has 1 aliphatic heterocycles. The molecule has 4 rings (SSSR count). The first-order valence-corrected chi connectivity index (χ1v) is 10.2. The number of amides is 2. The molecule has 1 fully saturated rings. The van der Waals surface area contributed by atoms with Crippen LogP contribution in [0.2, 0.25) is 0 Å². The van der Waals surface area contributed by atoms with E-state index in [0.29, 0.717) is 43.2 Å². The molecule has 7 nitrogen and oxygen atoms in total. The van der Waals surface area contributed by atoms with E-state index in [9.17, 15) is 9.59 Å². The quantitative estimate of drug-likeness (QED) is 0.697. The van der Waals surface area contributed by atoms with Gasteiger partial charge in [0.2, 0.25) is 0 Å². The number of pyridine rings is 1. The number of nitrogens with zero attached hydrogens (tertiary/aromatic N) is 3. The van der Waals surface area contributed by atoms with Crippen molar-refractivity contribution in [3.8, 4) is 5.75 Å². The number of aryl methyl sites for hydroxylation is 1. The van der Waals surface area contributed by atoms with Crippen molar-refractivity contribution in [3.05, 3.63) is 84.1 Å². The number of nitrogens with one attached hydrogen (secondary N) is 1. The summed E-state index contributed by atoms with van der Waals surface area (Å²) in [5.41, 5.74) is 2.19. The number of rotatable bonds is 4. The molecule has 2 heterocycles. The Morgan fingerprint density at radius 2 is 1.58 bits per heavy atom. The molecule has 0 saturated carbocycles. The van der Waals surface area contributed by atoms with Gasteiger partial charge in [0, 0.05) is 43.1 Å². The van der Waals surface area contributed by atoms with Crippen molar-refractivity contribution in [1.29, 1.82) is 0 Å². The second-order valence-electron chi connectivity index (χ2n) is 7.32. The maximum atomic E-state index is 12.5. The Hall–Kier alpha value is -3.87.